The minimum Gasteiger partial charge on any atom is -0.370 e. The molecule has 5 fully saturated rings. The molecule has 122 valence electrons. The number of hydrogen-bond acceptors (Lipinski definition) is 2. The molecule has 5 rings (SSSR count). The molecule has 1 heterocycles. The summed E-state index contributed by atoms with van der Waals surface area (Å²) in [6.45, 7) is 5.93. The van der Waals surface area contributed by atoms with Crippen LogP contribution in [0.25, 0.3) is 0 Å². The van der Waals surface area contributed by atoms with Gasteiger partial charge in [-0.3, -0.25) is 4.79 Å². The second-order valence-corrected chi connectivity index (χ2v) is 9.75. The van der Waals surface area contributed by atoms with Crippen LogP contribution in [0.3, 0.4) is 0 Å². The number of carbonyl (C=O) groups excluding carboxylic acids is 1. The number of carbonyl (C=O) groups is 1. The van der Waals surface area contributed by atoms with Crippen molar-refractivity contribution < 1.29 is 9.53 Å². The molecule has 4 aliphatic carbocycles. The second-order valence-electron chi connectivity index (χ2n) is 9.75. The predicted octanol–water partition coefficient (Wildman–Crippen LogP) is 4.37. The van der Waals surface area contributed by atoms with E-state index in [0.717, 1.165) is 30.8 Å². The molecule has 22 heavy (non-hydrogen) atoms. The average Bonchev–Trinajstić information content (AvgIpc) is 3.19. The van der Waals surface area contributed by atoms with Crippen molar-refractivity contribution in [2.45, 2.75) is 77.2 Å². The Balaban J connectivity index is 1.45. The maximum Gasteiger partial charge on any atom is 0.139 e. The Labute approximate surface area is 134 Å². The first-order valence-corrected chi connectivity index (χ1v) is 9.64. The van der Waals surface area contributed by atoms with Crippen molar-refractivity contribution in [1.82, 2.24) is 0 Å². The van der Waals surface area contributed by atoms with Gasteiger partial charge in [0.05, 0.1) is 12.2 Å². The van der Waals surface area contributed by atoms with Crippen molar-refractivity contribution in [3.8, 4) is 0 Å². The van der Waals surface area contributed by atoms with Crippen LogP contribution < -0.4 is 0 Å². The zero-order valence-corrected chi connectivity index (χ0v) is 14.2. The molecule has 2 nitrogen and oxygen atoms in total. The van der Waals surface area contributed by atoms with E-state index in [-0.39, 0.29) is 5.41 Å². The van der Waals surface area contributed by atoms with E-state index in [1.54, 1.807) is 0 Å². The Kier molecular flexibility index (Phi) is 2.66. The van der Waals surface area contributed by atoms with Gasteiger partial charge in [0.15, 0.2) is 0 Å². The Morgan fingerprint density at radius 1 is 1.00 bits per heavy atom. The molecule has 0 aromatic heterocycles. The molecule has 0 N–H and O–H groups in total. The normalized spacial score (nSPS) is 59.8. The summed E-state index contributed by atoms with van der Waals surface area (Å²) in [6.07, 6.45) is 11.3. The summed E-state index contributed by atoms with van der Waals surface area (Å²) in [7, 11) is 0. The fourth-order valence-corrected chi connectivity index (χ4v) is 7.44. The fourth-order valence-electron chi connectivity index (χ4n) is 7.44. The van der Waals surface area contributed by atoms with Crippen molar-refractivity contribution in [3.05, 3.63) is 0 Å². The summed E-state index contributed by atoms with van der Waals surface area (Å²) in [5.41, 5.74) is 0.885. The maximum atomic E-state index is 12.4. The predicted molar refractivity (Wildman–Crippen MR) is 85.4 cm³/mol. The molecule has 1 saturated heterocycles. The Bertz CT molecular complexity index is 522. The highest BCUT2D eigenvalue weighted by Gasteiger charge is 2.63. The zero-order valence-electron chi connectivity index (χ0n) is 14.2. The van der Waals surface area contributed by atoms with Crippen molar-refractivity contribution in [2.24, 2.45) is 34.5 Å². The van der Waals surface area contributed by atoms with Gasteiger partial charge in [0, 0.05) is 11.8 Å². The number of ether oxygens (including phenoxy) is 1. The van der Waals surface area contributed by atoms with E-state index in [0.29, 0.717) is 22.7 Å². The van der Waals surface area contributed by atoms with Crippen molar-refractivity contribution in [1.29, 1.82) is 0 Å². The fraction of sp³-hybridized carbons (Fsp3) is 0.950. The second kappa shape index (κ2) is 4.18. The summed E-state index contributed by atoms with van der Waals surface area (Å²) in [6, 6.07) is 0. The largest absolute Gasteiger partial charge is 0.370 e. The van der Waals surface area contributed by atoms with Crippen LogP contribution in [0.15, 0.2) is 0 Å². The molecule has 2 heteroatoms. The van der Waals surface area contributed by atoms with Crippen molar-refractivity contribution in [3.63, 3.8) is 0 Å². The molecule has 0 aromatic rings. The van der Waals surface area contributed by atoms with E-state index in [9.17, 15) is 4.79 Å². The Hall–Kier alpha value is -0.370. The topological polar surface area (TPSA) is 29.6 Å². The van der Waals surface area contributed by atoms with Crippen LogP contribution in [0.2, 0.25) is 0 Å². The molecule has 1 aliphatic heterocycles. The summed E-state index contributed by atoms with van der Waals surface area (Å²) in [4.78, 5) is 12.4. The maximum absolute atomic E-state index is 12.4. The van der Waals surface area contributed by atoms with Gasteiger partial charge in [-0.05, 0) is 80.5 Å². The van der Waals surface area contributed by atoms with E-state index in [1.165, 1.54) is 51.4 Å². The number of Topliss-reactive ketones (excluding diaryl/α,β-unsaturated/α-hetero) is 1. The summed E-state index contributed by atoms with van der Waals surface area (Å²) >= 11 is 0. The first-order valence-electron chi connectivity index (χ1n) is 9.64. The molecular weight excluding hydrogens is 272 g/mol. The van der Waals surface area contributed by atoms with E-state index in [2.05, 4.69) is 13.8 Å². The standard InChI is InChI=1S/C20H30O2/c1-18-9-10-20(12-22-20)11-13(18)3-4-14-15-5-6-17(21)19(15,2)8-7-16(14)18/h13-16H,3-12H2,1-2H3/t13-,14+,15+,16+,18+,19+,20?/m1/s1. The third kappa shape index (κ3) is 1.63. The minimum absolute atomic E-state index is 0.0415. The van der Waals surface area contributed by atoms with E-state index < -0.39 is 0 Å². The molecule has 1 unspecified atom stereocenters. The van der Waals surface area contributed by atoms with Crippen molar-refractivity contribution in [2.75, 3.05) is 6.61 Å². The van der Waals surface area contributed by atoms with Gasteiger partial charge in [0.2, 0.25) is 0 Å². The minimum atomic E-state index is 0.0415. The molecule has 0 amide bonds. The summed E-state index contributed by atoms with van der Waals surface area (Å²) in [5, 5.41) is 0. The summed E-state index contributed by atoms with van der Waals surface area (Å²) in [5.74, 6) is 3.88. The smallest absolute Gasteiger partial charge is 0.139 e. The lowest BCUT2D eigenvalue weighted by atomic mass is 9.44. The molecule has 0 radical (unpaired) electrons. The monoisotopic (exact) mass is 302 g/mol. The number of fused-ring (bicyclic) bond motifs is 5. The van der Waals surface area contributed by atoms with Gasteiger partial charge < -0.3 is 4.74 Å². The van der Waals surface area contributed by atoms with Gasteiger partial charge in [0.25, 0.3) is 0 Å². The molecule has 7 atom stereocenters. The lowest BCUT2D eigenvalue weighted by Crippen LogP contribution is -2.54. The van der Waals surface area contributed by atoms with Crippen LogP contribution in [0.1, 0.15) is 71.6 Å². The first-order chi connectivity index (χ1) is 10.5. The highest BCUT2D eigenvalue weighted by Crippen LogP contribution is 2.67. The summed E-state index contributed by atoms with van der Waals surface area (Å²) < 4.78 is 5.82. The van der Waals surface area contributed by atoms with Gasteiger partial charge >= 0.3 is 0 Å². The number of ketones is 1. The molecule has 0 aromatic carbocycles. The van der Waals surface area contributed by atoms with Crippen LogP contribution in [-0.4, -0.2) is 18.0 Å². The third-order valence-corrected chi connectivity index (χ3v) is 9.06. The highest BCUT2D eigenvalue weighted by atomic mass is 16.6. The molecular formula is C20H30O2. The van der Waals surface area contributed by atoms with E-state index in [1.807, 2.05) is 0 Å². The van der Waals surface area contributed by atoms with Crippen LogP contribution in [-0.2, 0) is 9.53 Å². The van der Waals surface area contributed by atoms with E-state index in [4.69, 9.17) is 4.74 Å². The van der Waals surface area contributed by atoms with Crippen LogP contribution in [0.4, 0.5) is 0 Å². The number of hydrogen-bond donors (Lipinski definition) is 0. The van der Waals surface area contributed by atoms with Gasteiger partial charge in [0.1, 0.15) is 5.78 Å². The lowest BCUT2D eigenvalue weighted by molar-refractivity contribution is -0.140. The lowest BCUT2D eigenvalue weighted by Gasteiger charge is -2.60. The molecule has 5 aliphatic rings. The molecule has 4 saturated carbocycles. The molecule has 0 bridgehead atoms. The third-order valence-electron chi connectivity index (χ3n) is 9.06. The average molecular weight is 302 g/mol. The first kappa shape index (κ1) is 14.0. The van der Waals surface area contributed by atoms with Gasteiger partial charge in [-0.15, -0.1) is 0 Å². The quantitative estimate of drug-likeness (QED) is 0.622. The number of rotatable bonds is 0. The highest BCUT2D eigenvalue weighted by molar-refractivity contribution is 5.87. The van der Waals surface area contributed by atoms with Crippen LogP contribution in [0, 0.1) is 34.5 Å². The Morgan fingerprint density at radius 3 is 2.59 bits per heavy atom. The van der Waals surface area contributed by atoms with Crippen LogP contribution >= 0.6 is 0 Å². The van der Waals surface area contributed by atoms with Gasteiger partial charge in [-0.2, -0.15) is 0 Å². The van der Waals surface area contributed by atoms with Crippen molar-refractivity contribution >= 4 is 5.78 Å². The zero-order chi connectivity index (χ0) is 15.2. The van der Waals surface area contributed by atoms with Gasteiger partial charge in [-0.1, -0.05) is 13.8 Å². The number of epoxide rings is 1. The SMILES string of the molecule is C[C@]12CCC3(CO3)C[C@H]1CC[C@@H]1[C@@H]2CC[C@]2(C)C(=O)CC[C@@H]12. The molecule has 1 spiro atoms. The van der Waals surface area contributed by atoms with Crippen LogP contribution in [0.5, 0.6) is 0 Å². The Morgan fingerprint density at radius 2 is 1.82 bits per heavy atom. The van der Waals surface area contributed by atoms with Gasteiger partial charge in [-0.25, -0.2) is 0 Å². The van der Waals surface area contributed by atoms with E-state index >= 15 is 0 Å².